The molecule has 8 nitrogen and oxygen atoms in total. The van der Waals surface area contributed by atoms with E-state index >= 15 is 0 Å². The highest BCUT2D eigenvalue weighted by molar-refractivity contribution is 9.10. The van der Waals surface area contributed by atoms with Gasteiger partial charge in [-0.2, -0.15) is 4.31 Å². The third-order valence-electron chi connectivity index (χ3n) is 6.53. The Hall–Kier alpha value is -2.53. The minimum atomic E-state index is -3.63. The quantitative estimate of drug-likeness (QED) is 0.220. The molecule has 2 heterocycles. The molecule has 2 aliphatic rings. The van der Waals surface area contributed by atoms with E-state index in [2.05, 4.69) is 15.9 Å². The second-order valence-electron chi connectivity index (χ2n) is 8.88. The molecule has 192 valence electrons. The highest BCUT2D eigenvalue weighted by atomic mass is 79.9. The summed E-state index contributed by atoms with van der Waals surface area (Å²) in [5.41, 5.74) is 0.913. The number of methoxy groups -OCH3 is 1. The molecule has 2 fully saturated rings. The average molecular weight is 577 g/mol. The molecule has 10 heteroatoms. The van der Waals surface area contributed by atoms with Gasteiger partial charge in [0.1, 0.15) is 5.76 Å². The van der Waals surface area contributed by atoms with Crippen molar-refractivity contribution in [1.82, 2.24) is 9.21 Å². The zero-order valence-corrected chi connectivity index (χ0v) is 22.4. The number of carbonyl (C=O) groups excluding carboxylic acids is 2. The second-order valence-corrected chi connectivity index (χ2v) is 11.7. The number of Topliss-reactive ketones (excluding diaryl/α,β-unsaturated/α-hetero) is 1. The van der Waals surface area contributed by atoms with Crippen LogP contribution in [-0.2, 0) is 24.3 Å². The van der Waals surface area contributed by atoms with Crippen LogP contribution < -0.4 is 0 Å². The van der Waals surface area contributed by atoms with Gasteiger partial charge in [0, 0.05) is 43.4 Å². The van der Waals surface area contributed by atoms with Gasteiger partial charge in [0.15, 0.2) is 0 Å². The Morgan fingerprint density at radius 2 is 1.78 bits per heavy atom. The summed E-state index contributed by atoms with van der Waals surface area (Å²) in [5, 5.41) is 11.2. The van der Waals surface area contributed by atoms with E-state index in [9.17, 15) is 23.1 Å². The fraction of sp³-hybridized carbons (Fsp3) is 0.385. The standard InChI is InChI=1S/C26H29BrN2O6S/c1-35-16-6-15-29-23(19-7-5-8-20(27)17-19)22(25(31)26(29)32)24(30)18-9-11-21(12-10-18)36(33,34)28-13-3-2-4-14-28/h5,7-12,17,23,30H,2-4,6,13-16H2,1H3. The molecule has 0 saturated carbocycles. The number of aliphatic hydroxyl groups is 1. The van der Waals surface area contributed by atoms with E-state index in [1.54, 1.807) is 25.3 Å². The van der Waals surface area contributed by atoms with Gasteiger partial charge >= 0.3 is 0 Å². The Bertz CT molecular complexity index is 1270. The number of amides is 1. The van der Waals surface area contributed by atoms with Gasteiger partial charge in [0.25, 0.3) is 11.7 Å². The molecule has 0 bridgehead atoms. The molecule has 0 spiro atoms. The van der Waals surface area contributed by atoms with Crippen molar-refractivity contribution < 1.29 is 27.9 Å². The van der Waals surface area contributed by atoms with Crippen LogP contribution in [-0.4, -0.2) is 67.8 Å². The number of ether oxygens (including phenoxy) is 1. The van der Waals surface area contributed by atoms with Crippen LogP contribution in [0.2, 0.25) is 0 Å². The van der Waals surface area contributed by atoms with E-state index in [-0.39, 0.29) is 28.3 Å². The first-order valence-electron chi connectivity index (χ1n) is 11.9. The van der Waals surface area contributed by atoms with E-state index in [4.69, 9.17) is 4.74 Å². The largest absolute Gasteiger partial charge is 0.507 e. The number of hydrogen-bond donors (Lipinski definition) is 1. The minimum absolute atomic E-state index is 0.0258. The maximum absolute atomic E-state index is 13.1. The van der Waals surface area contributed by atoms with E-state index < -0.39 is 27.8 Å². The lowest BCUT2D eigenvalue weighted by molar-refractivity contribution is -0.140. The van der Waals surface area contributed by atoms with Crippen molar-refractivity contribution in [1.29, 1.82) is 0 Å². The molecule has 2 aromatic carbocycles. The predicted octanol–water partition coefficient (Wildman–Crippen LogP) is 4.08. The van der Waals surface area contributed by atoms with Crippen molar-refractivity contribution in [2.24, 2.45) is 0 Å². The number of benzene rings is 2. The molecule has 0 aromatic heterocycles. The number of aliphatic hydroxyl groups excluding tert-OH is 1. The Morgan fingerprint density at radius 3 is 2.42 bits per heavy atom. The first kappa shape index (κ1) is 26.5. The lowest BCUT2D eigenvalue weighted by Gasteiger charge is -2.26. The molecule has 0 aliphatic carbocycles. The van der Waals surface area contributed by atoms with Crippen LogP contribution in [0.1, 0.15) is 42.9 Å². The Balaban J connectivity index is 1.72. The van der Waals surface area contributed by atoms with Gasteiger partial charge in [0.2, 0.25) is 10.0 Å². The number of sulfonamides is 1. The van der Waals surface area contributed by atoms with Crippen LogP contribution in [0.5, 0.6) is 0 Å². The van der Waals surface area contributed by atoms with E-state index in [1.807, 2.05) is 6.07 Å². The highest BCUT2D eigenvalue weighted by Crippen LogP contribution is 2.40. The summed E-state index contributed by atoms with van der Waals surface area (Å²) in [6, 6.07) is 12.3. The summed E-state index contributed by atoms with van der Waals surface area (Å²) >= 11 is 3.44. The molecule has 2 aromatic rings. The lowest BCUT2D eigenvalue weighted by atomic mass is 9.95. The number of piperidine rings is 1. The molecule has 36 heavy (non-hydrogen) atoms. The van der Waals surface area contributed by atoms with E-state index in [0.717, 1.165) is 23.7 Å². The molecule has 4 rings (SSSR count). The first-order valence-corrected chi connectivity index (χ1v) is 14.1. The number of halogens is 1. The Kier molecular flexibility index (Phi) is 8.29. The molecule has 1 unspecified atom stereocenters. The van der Waals surface area contributed by atoms with Crippen molar-refractivity contribution in [3.8, 4) is 0 Å². The molecule has 0 radical (unpaired) electrons. The van der Waals surface area contributed by atoms with Crippen LogP contribution in [0.15, 0.2) is 63.5 Å². The van der Waals surface area contributed by atoms with Gasteiger partial charge in [-0.1, -0.05) is 34.5 Å². The molecule has 2 aliphatic heterocycles. The average Bonchev–Trinajstić information content (AvgIpc) is 3.14. The van der Waals surface area contributed by atoms with Crippen LogP contribution in [0.25, 0.3) is 5.76 Å². The fourth-order valence-electron chi connectivity index (χ4n) is 4.71. The van der Waals surface area contributed by atoms with Gasteiger partial charge in [-0.3, -0.25) is 9.59 Å². The van der Waals surface area contributed by atoms with Gasteiger partial charge < -0.3 is 14.7 Å². The van der Waals surface area contributed by atoms with Crippen LogP contribution in [0.3, 0.4) is 0 Å². The summed E-state index contributed by atoms with van der Waals surface area (Å²) in [4.78, 5) is 27.7. The van der Waals surface area contributed by atoms with Crippen molar-refractivity contribution >= 4 is 43.4 Å². The van der Waals surface area contributed by atoms with Crippen LogP contribution in [0.4, 0.5) is 0 Å². The number of rotatable bonds is 8. The first-order chi connectivity index (χ1) is 17.3. The van der Waals surface area contributed by atoms with Gasteiger partial charge in [-0.15, -0.1) is 0 Å². The van der Waals surface area contributed by atoms with Gasteiger partial charge in [-0.25, -0.2) is 8.42 Å². The molecule has 2 saturated heterocycles. The van der Waals surface area contributed by atoms with E-state index in [1.165, 1.54) is 33.5 Å². The Labute approximate surface area is 219 Å². The normalized spacial score (nSPS) is 20.7. The maximum atomic E-state index is 13.1. The SMILES string of the molecule is COCCCN1C(=O)C(=O)C(=C(O)c2ccc(S(=O)(=O)N3CCCCC3)cc2)C1c1cccc(Br)c1. The van der Waals surface area contributed by atoms with Gasteiger partial charge in [-0.05, 0) is 61.2 Å². The van der Waals surface area contributed by atoms with E-state index in [0.29, 0.717) is 31.7 Å². The smallest absolute Gasteiger partial charge is 0.295 e. The maximum Gasteiger partial charge on any atom is 0.295 e. The van der Waals surface area contributed by atoms with Crippen LogP contribution in [0, 0.1) is 0 Å². The molecule has 1 amide bonds. The summed E-state index contributed by atoms with van der Waals surface area (Å²) < 4.78 is 33.3. The third-order valence-corrected chi connectivity index (χ3v) is 8.94. The summed E-state index contributed by atoms with van der Waals surface area (Å²) in [5.74, 6) is -1.81. The van der Waals surface area contributed by atoms with Crippen molar-refractivity contribution in [3.05, 3.63) is 69.7 Å². The molecular formula is C26H29BrN2O6S. The fourth-order valence-corrected chi connectivity index (χ4v) is 6.64. The van der Waals surface area contributed by atoms with Crippen molar-refractivity contribution in [2.75, 3.05) is 33.4 Å². The number of nitrogens with zero attached hydrogens (tertiary/aromatic N) is 2. The second kappa shape index (κ2) is 11.2. The zero-order valence-electron chi connectivity index (χ0n) is 20.0. The number of likely N-dealkylation sites (tertiary alicyclic amines) is 1. The highest BCUT2D eigenvalue weighted by Gasteiger charge is 2.45. The Morgan fingerprint density at radius 1 is 1.08 bits per heavy atom. The predicted molar refractivity (Wildman–Crippen MR) is 139 cm³/mol. The van der Waals surface area contributed by atoms with Gasteiger partial charge in [0.05, 0.1) is 16.5 Å². The number of hydrogen-bond acceptors (Lipinski definition) is 6. The van der Waals surface area contributed by atoms with Crippen molar-refractivity contribution in [2.45, 2.75) is 36.6 Å². The zero-order chi connectivity index (χ0) is 25.9. The minimum Gasteiger partial charge on any atom is -0.507 e. The lowest BCUT2D eigenvalue weighted by Crippen LogP contribution is -2.35. The summed E-state index contributed by atoms with van der Waals surface area (Å²) in [7, 11) is -2.07. The molecule has 1 atom stereocenters. The summed E-state index contributed by atoms with van der Waals surface area (Å²) in [6.45, 7) is 1.67. The monoisotopic (exact) mass is 576 g/mol. The molecule has 1 N–H and O–H groups in total. The van der Waals surface area contributed by atoms with Crippen molar-refractivity contribution in [3.63, 3.8) is 0 Å². The topological polar surface area (TPSA) is 104 Å². The molecular weight excluding hydrogens is 548 g/mol. The van der Waals surface area contributed by atoms with Crippen LogP contribution >= 0.6 is 15.9 Å². The third kappa shape index (κ3) is 5.27. The summed E-state index contributed by atoms with van der Waals surface area (Å²) in [6.07, 6.45) is 3.20. The number of ketones is 1. The number of carbonyl (C=O) groups is 2.